The highest BCUT2D eigenvalue weighted by Gasteiger charge is 2.40. The van der Waals surface area contributed by atoms with Gasteiger partial charge in [-0.15, -0.1) is 0 Å². The number of ether oxygens (including phenoxy) is 2. The number of nitrogens with one attached hydrogen (secondary N) is 1. The summed E-state index contributed by atoms with van der Waals surface area (Å²) in [6.45, 7) is 2.79. The summed E-state index contributed by atoms with van der Waals surface area (Å²) < 4.78 is 12.0. The highest BCUT2D eigenvalue weighted by Crippen LogP contribution is 2.46. The van der Waals surface area contributed by atoms with Gasteiger partial charge in [0, 0.05) is 46.3 Å². The Bertz CT molecular complexity index is 1150. The molecule has 2 aliphatic carbocycles. The van der Waals surface area contributed by atoms with E-state index < -0.39 is 0 Å². The smallest absolute Gasteiger partial charge is 0.161 e. The number of carbonyl (C=O) groups excluding carboxylic acids is 2. The molecule has 0 fully saturated rings. The molecule has 0 atom stereocenters. The molecule has 0 aromatic heterocycles. The zero-order valence-corrected chi connectivity index (χ0v) is 20.0. The van der Waals surface area contributed by atoms with E-state index in [1.54, 1.807) is 0 Å². The van der Waals surface area contributed by atoms with E-state index in [1.165, 1.54) is 0 Å². The lowest BCUT2D eigenvalue weighted by molar-refractivity contribution is -0.116. The lowest BCUT2D eigenvalue weighted by Crippen LogP contribution is -2.36. The molecule has 2 aromatic rings. The van der Waals surface area contributed by atoms with Crippen LogP contribution >= 0.6 is 11.6 Å². The average molecular weight is 478 g/mol. The highest BCUT2D eigenvalue weighted by atomic mass is 35.5. The third kappa shape index (κ3) is 4.37. The standard InChI is InChI=1S/C28H28ClNO4/c1-2-33-25-15-18(11-14-24(25)34-16-17-9-12-19(29)13-10-17)26-27-20(5-3-7-22(27)31)30-21-6-4-8-23(32)28(21)26/h9-15,26,30H,2-8,16H2,1H3. The molecule has 0 spiro atoms. The molecule has 0 radical (unpaired) electrons. The summed E-state index contributed by atoms with van der Waals surface area (Å²) in [7, 11) is 0. The number of rotatable bonds is 6. The van der Waals surface area contributed by atoms with E-state index in [-0.39, 0.29) is 17.5 Å². The Morgan fingerprint density at radius 2 is 1.50 bits per heavy atom. The first kappa shape index (κ1) is 22.7. The lowest BCUT2D eigenvalue weighted by atomic mass is 9.71. The molecule has 176 valence electrons. The second-order valence-electron chi connectivity index (χ2n) is 8.95. The third-order valence-corrected chi connectivity index (χ3v) is 6.95. The molecule has 0 bridgehead atoms. The van der Waals surface area contributed by atoms with Crippen molar-refractivity contribution in [3.05, 3.63) is 81.2 Å². The Labute approximate surface area is 204 Å². The minimum Gasteiger partial charge on any atom is -0.490 e. The van der Waals surface area contributed by atoms with E-state index in [0.717, 1.165) is 59.4 Å². The van der Waals surface area contributed by atoms with Crippen LogP contribution in [0.25, 0.3) is 0 Å². The van der Waals surface area contributed by atoms with E-state index in [1.807, 2.05) is 49.4 Å². The van der Waals surface area contributed by atoms with Crippen molar-refractivity contribution in [3.8, 4) is 11.5 Å². The normalized spacial score (nSPS) is 18.4. The zero-order valence-electron chi connectivity index (χ0n) is 19.3. The molecular formula is C28H28ClNO4. The fourth-order valence-electron chi connectivity index (χ4n) is 5.15. The molecule has 0 amide bonds. The zero-order chi connectivity index (χ0) is 23.7. The minimum atomic E-state index is -0.351. The third-order valence-electron chi connectivity index (χ3n) is 6.70. The van der Waals surface area contributed by atoms with Crippen molar-refractivity contribution in [2.75, 3.05) is 6.61 Å². The van der Waals surface area contributed by atoms with Crippen LogP contribution in [0.4, 0.5) is 0 Å². The Hall–Kier alpha value is -3.05. The Morgan fingerprint density at radius 3 is 2.12 bits per heavy atom. The fourth-order valence-corrected chi connectivity index (χ4v) is 5.28. The van der Waals surface area contributed by atoms with Crippen LogP contribution in [0.15, 0.2) is 65.0 Å². The summed E-state index contributed by atoms with van der Waals surface area (Å²) in [5.41, 5.74) is 5.36. The molecule has 6 heteroatoms. The van der Waals surface area contributed by atoms with Crippen molar-refractivity contribution in [1.29, 1.82) is 0 Å². The van der Waals surface area contributed by atoms with E-state index in [2.05, 4.69) is 5.32 Å². The predicted molar refractivity (Wildman–Crippen MR) is 131 cm³/mol. The quantitative estimate of drug-likeness (QED) is 0.551. The van der Waals surface area contributed by atoms with Gasteiger partial charge in [0.15, 0.2) is 23.1 Å². The number of halogens is 1. The van der Waals surface area contributed by atoms with Gasteiger partial charge in [-0.05, 0) is 68.0 Å². The first-order valence-corrected chi connectivity index (χ1v) is 12.4. The fraction of sp³-hybridized carbons (Fsp3) is 0.357. The maximum absolute atomic E-state index is 13.1. The van der Waals surface area contributed by atoms with Gasteiger partial charge < -0.3 is 14.8 Å². The van der Waals surface area contributed by atoms with Crippen molar-refractivity contribution in [1.82, 2.24) is 5.32 Å². The lowest BCUT2D eigenvalue weighted by Gasteiger charge is -2.37. The molecular weight excluding hydrogens is 450 g/mol. The molecule has 3 aliphatic rings. The minimum absolute atomic E-state index is 0.129. The largest absolute Gasteiger partial charge is 0.490 e. The molecule has 0 unspecified atom stereocenters. The van der Waals surface area contributed by atoms with Crippen LogP contribution < -0.4 is 14.8 Å². The van der Waals surface area contributed by atoms with E-state index in [9.17, 15) is 9.59 Å². The summed E-state index contributed by atoms with van der Waals surface area (Å²) >= 11 is 5.98. The Morgan fingerprint density at radius 1 is 0.853 bits per heavy atom. The molecule has 0 saturated heterocycles. The average Bonchev–Trinajstić information content (AvgIpc) is 2.83. The Balaban J connectivity index is 1.52. The van der Waals surface area contributed by atoms with Crippen LogP contribution in [-0.4, -0.2) is 18.2 Å². The highest BCUT2D eigenvalue weighted by molar-refractivity contribution is 6.30. The summed E-state index contributed by atoms with van der Waals surface area (Å²) in [5, 5.41) is 4.15. The molecule has 0 saturated carbocycles. The van der Waals surface area contributed by atoms with Crippen LogP contribution in [-0.2, 0) is 16.2 Å². The molecule has 34 heavy (non-hydrogen) atoms. The van der Waals surface area contributed by atoms with Crippen molar-refractivity contribution in [2.45, 2.75) is 58.0 Å². The molecule has 2 aromatic carbocycles. The van der Waals surface area contributed by atoms with E-state index in [4.69, 9.17) is 21.1 Å². The Kier molecular flexibility index (Phi) is 6.46. The van der Waals surface area contributed by atoms with Crippen LogP contribution in [0.2, 0.25) is 5.02 Å². The van der Waals surface area contributed by atoms with Gasteiger partial charge in [-0.3, -0.25) is 9.59 Å². The van der Waals surface area contributed by atoms with Crippen molar-refractivity contribution in [2.24, 2.45) is 0 Å². The van der Waals surface area contributed by atoms with Gasteiger partial charge in [0.2, 0.25) is 0 Å². The number of hydrogen-bond acceptors (Lipinski definition) is 5. The molecule has 1 heterocycles. The summed E-state index contributed by atoms with van der Waals surface area (Å²) in [6, 6.07) is 13.3. The molecule has 5 rings (SSSR count). The van der Waals surface area contributed by atoms with Crippen LogP contribution in [0.5, 0.6) is 11.5 Å². The number of benzene rings is 2. The van der Waals surface area contributed by atoms with Gasteiger partial charge in [0.25, 0.3) is 0 Å². The van der Waals surface area contributed by atoms with Crippen molar-refractivity contribution in [3.63, 3.8) is 0 Å². The van der Waals surface area contributed by atoms with Crippen LogP contribution in [0, 0.1) is 0 Å². The van der Waals surface area contributed by atoms with Gasteiger partial charge >= 0.3 is 0 Å². The second kappa shape index (κ2) is 9.67. The molecule has 1 aliphatic heterocycles. The summed E-state index contributed by atoms with van der Waals surface area (Å²) in [4.78, 5) is 26.1. The van der Waals surface area contributed by atoms with Crippen molar-refractivity contribution >= 4 is 23.2 Å². The van der Waals surface area contributed by atoms with Gasteiger partial charge in [-0.25, -0.2) is 0 Å². The van der Waals surface area contributed by atoms with Gasteiger partial charge in [0.1, 0.15) is 6.61 Å². The maximum atomic E-state index is 13.1. The van der Waals surface area contributed by atoms with E-state index in [0.29, 0.717) is 42.6 Å². The summed E-state index contributed by atoms with van der Waals surface area (Å²) in [5.74, 6) is 1.15. The topological polar surface area (TPSA) is 64.6 Å². The van der Waals surface area contributed by atoms with Crippen LogP contribution in [0.3, 0.4) is 0 Å². The number of allylic oxidation sites excluding steroid dienone is 4. The van der Waals surface area contributed by atoms with Gasteiger partial charge in [-0.1, -0.05) is 29.8 Å². The van der Waals surface area contributed by atoms with Gasteiger partial charge in [-0.2, -0.15) is 0 Å². The number of carbonyl (C=O) groups is 2. The number of dihydropyridines is 1. The number of Topliss-reactive ketones (excluding diaryl/α,β-unsaturated/α-hetero) is 2. The molecule has 5 nitrogen and oxygen atoms in total. The predicted octanol–water partition coefficient (Wildman–Crippen LogP) is 6.02. The van der Waals surface area contributed by atoms with Crippen LogP contribution in [0.1, 0.15) is 62.5 Å². The summed E-state index contributed by atoms with van der Waals surface area (Å²) in [6.07, 6.45) is 4.40. The first-order chi connectivity index (χ1) is 16.5. The second-order valence-corrected chi connectivity index (χ2v) is 9.39. The monoisotopic (exact) mass is 477 g/mol. The van der Waals surface area contributed by atoms with Crippen molar-refractivity contribution < 1.29 is 19.1 Å². The van der Waals surface area contributed by atoms with E-state index >= 15 is 0 Å². The SMILES string of the molecule is CCOc1cc(C2C3=C(CCCC3=O)NC3=C2C(=O)CCC3)ccc1OCc1ccc(Cl)cc1. The maximum Gasteiger partial charge on any atom is 0.161 e. The number of ketones is 2. The number of hydrogen-bond donors (Lipinski definition) is 1. The van der Waals surface area contributed by atoms with Gasteiger partial charge in [0.05, 0.1) is 6.61 Å². The molecule has 1 N–H and O–H groups in total. The first-order valence-electron chi connectivity index (χ1n) is 12.0.